The van der Waals surface area contributed by atoms with Crippen LogP contribution in [0.15, 0.2) is 35.0 Å². The summed E-state index contributed by atoms with van der Waals surface area (Å²) in [6.07, 6.45) is 6.97. The van der Waals surface area contributed by atoms with E-state index in [9.17, 15) is 14.4 Å². The van der Waals surface area contributed by atoms with Gasteiger partial charge in [0.1, 0.15) is 0 Å². The first-order valence-corrected chi connectivity index (χ1v) is 10.7. The van der Waals surface area contributed by atoms with Crippen LogP contribution in [0, 0.1) is 0 Å². The zero-order chi connectivity index (χ0) is 22.7. The van der Waals surface area contributed by atoms with E-state index in [0.29, 0.717) is 16.6 Å². The number of benzene rings is 1. The Kier molecular flexibility index (Phi) is 6.20. The predicted molar refractivity (Wildman–Crippen MR) is 117 cm³/mol. The van der Waals surface area contributed by atoms with Gasteiger partial charge in [-0.05, 0) is 31.0 Å². The number of aryl methyl sites for hydroxylation is 1. The first kappa shape index (κ1) is 21.5. The average molecular weight is 438 g/mol. The molecule has 0 saturated heterocycles. The molecule has 3 aromatic rings. The van der Waals surface area contributed by atoms with E-state index in [1.54, 1.807) is 22.8 Å². The van der Waals surface area contributed by atoms with Gasteiger partial charge in [-0.15, -0.1) is 0 Å². The summed E-state index contributed by atoms with van der Waals surface area (Å²) in [4.78, 5) is 43.2. The molecule has 0 atom stereocenters. The molecule has 1 saturated carbocycles. The van der Waals surface area contributed by atoms with E-state index in [1.807, 2.05) is 11.9 Å². The van der Waals surface area contributed by atoms with Crippen LogP contribution in [-0.4, -0.2) is 50.4 Å². The molecule has 1 aliphatic rings. The Morgan fingerprint density at radius 3 is 2.69 bits per heavy atom. The standard InChI is InChI=1S/C22H26N6O4/c1-27(15-5-3-2-4-6-15)21(31)14-7-8-17-16(13-14)25-22(28(17)12-10-19(23)29)26-20(30)18-9-11-24-32-18/h7-9,11,13,15H,2-6,10,12H2,1H3,(H2,23,29)(H,25,26,30). The third-order valence-corrected chi connectivity index (χ3v) is 5.91. The van der Waals surface area contributed by atoms with Crippen LogP contribution in [0.5, 0.6) is 0 Å². The van der Waals surface area contributed by atoms with Crippen molar-refractivity contribution in [3.8, 4) is 0 Å². The van der Waals surface area contributed by atoms with Crippen LogP contribution in [0.4, 0.5) is 5.95 Å². The van der Waals surface area contributed by atoms with Crippen LogP contribution in [-0.2, 0) is 11.3 Å². The van der Waals surface area contributed by atoms with Gasteiger partial charge in [-0.2, -0.15) is 0 Å². The first-order valence-electron chi connectivity index (χ1n) is 10.7. The molecule has 0 spiro atoms. The fraction of sp³-hybridized carbons (Fsp3) is 0.409. The smallest absolute Gasteiger partial charge is 0.296 e. The lowest BCUT2D eigenvalue weighted by atomic mass is 9.94. The van der Waals surface area contributed by atoms with Gasteiger partial charge in [0.05, 0.1) is 17.2 Å². The maximum atomic E-state index is 13.1. The van der Waals surface area contributed by atoms with Crippen molar-refractivity contribution in [1.82, 2.24) is 19.6 Å². The molecule has 10 heteroatoms. The second kappa shape index (κ2) is 9.21. The van der Waals surface area contributed by atoms with Crippen molar-refractivity contribution in [2.75, 3.05) is 12.4 Å². The Morgan fingerprint density at radius 1 is 1.22 bits per heavy atom. The summed E-state index contributed by atoms with van der Waals surface area (Å²) in [5, 5.41) is 6.21. The van der Waals surface area contributed by atoms with E-state index in [2.05, 4.69) is 15.5 Å². The number of hydrogen-bond donors (Lipinski definition) is 2. The molecule has 1 fully saturated rings. The molecule has 168 valence electrons. The third kappa shape index (κ3) is 4.48. The van der Waals surface area contributed by atoms with E-state index in [-0.39, 0.29) is 36.6 Å². The molecular weight excluding hydrogens is 412 g/mol. The van der Waals surface area contributed by atoms with Gasteiger partial charge in [-0.3, -0.25) is 19.7 Å². The molecule has 0 aliphatic heterocycles. The lowest BCUT2D eigenvalue weighted by molar-refractivity contribution is -0.118. The highest BCUT2D eigenvalue weighted by Crippen LogP contribution is 2.26. The van der Waals surface area contributed by atoms with Crippen LogP contribution in [0.3, 0.4) is 0 Å². The van der Waals surface area contributed by atoms with E-state index >= 15 is 0 Å². The zero-order valence-electron chi connectivity index (χ0n) is 17.9. The molecule has 10 nitrogen and oxygen atoms in total. The van der Waals surface area contributed by atoms with Gasteiger partial charge in [0.15, 0.2) is 0 Å². The van der Waals surface area contributed by atoms with Crippen molar-refractivity contribution in [2.24, 2.45) is 5.73 Å². The number of rotatable bonds is 7. The van der Waals surface area contributed by atoms with Crippen molar-refractivity contribution in [3.63, 3.8) is 0 Å². The lowest BCUT2D eigenvalue weighted by Crippen LogP contribution is -2.38. The molecule has 2 heterocycles. The molecule has 32 heavy (non-hydrogen) atoms. The number of hydrogen-bond acceptors (Lipinski definition) is 6. The summed E-state index contributed by atoms with van der Waals surface area (Å²) < 4.78 is 6.58. The maximum absolute atomic E-state index is 13.1. The molecular formula is C22H26N6O4. The van der Waals surface area contributed by atoms with Gasteiger partial charge in [-0.25, -0.2) is 4.98 Å². The Balaban J connectivity index is 1.63. The second-order valence-corrected chi connectivity index (χ2v) is 8.05. The maximum Gasteiger partial charge on any atom is 0.296 e. The van der Waals surface area contributed by atoms with E-state index < -0.39 is 11.8 Å². The molecule has 4 rings (SSSR count). The summed E-state index contributed by atoms with van der Waals surface area (Å²) in [6.45, 7) is 0.229. The number of nitrogens with zero attached hydrogens (tertiary/aromatic N) is 4. The highest BCUT2D eigenvalue weighted by atomic mass is 16.5. The number of imidazole rings is 1. The van der Waals surface area contributed by atoms with Crippen molar-refractivity contribution < 1.29 is 18.9 Å². The van der Waals surface area contributed by atoms with E-state index in [0.717, 1.165) is 25.7 Å². The minimum atomic E-state index is -0.522. The fourth-order valence-electron chi connectivity index (χ4n) is 4.14. The molecule has 1 aliphatic carbocycles. The van der Waals surface area contributed by atoms with Crippen LogP contribution in [0.25, 0.3) is 11.0 Å². The van der Waals surface area contributed by atoms with Gasteiger partial charge in [0.2, 0.25) is 17.6 Å². The van der Waals surface area contributed by atoms with Gasteiger partial charge in [0.25, 0.3) is 11.8 Å². The van der Waals surface area contributed by atoms with E-state index in [4.69, 9.17) is 10.3 Å². The number of nitrogens with one attached hydrogen (secondary N) is 1. The Hall–Kier alpha value is -3.69. The zero-order valence-corrected chi connectivity index (χ0v) is 17.9. The Bertz CT molecular complexity index is 1130. The molecule has 1 aromatic carbocycles. The first-order chi connectivity index (χ1) is 15.4. The van der Waals surface area contributed by atoms with Gasteiger partial charge in [0, 0.05) is 37.7 Å². The van der Waals surface area contributed by atoms with Crippen LogP contribution < -0.4 is 11.1 Å². The largest absolute Gasteiger partial charge is 0.370 e. The van der Waals surface area contributed by atoms with Crippen LogP contribution in [0.2, 0.25) is 0 Å². The SMILES string of the molecule is CN(C(=O)c1ccc2c(c1)nc(NC(=O)c1ccno1)n2CCC(N)=O)C1CCCCC1. The van der Waals surface area contributed by atoms with Crippen molar-refractivity contribution >= 4 is 34.7 Å². The van der Waals surface area contributed by atoms with E-state index in [1.165, 1.54) is 18.7 Å². The Morgan fingerprint density at radius 2 is 2.00 bits per heavy atom. The number of primary amides is 1. The van der Waals surface area contributed by atoms with Gasteiger partial charge in [-0.1, -0.05) is 24.4 Å². The monoisotopic (exact) mass is 438 g/mol. The van der Waals surface area contributed by atoms with Crippen molar-refractivity contribution in [1.29, 1.82) is 0 Å². The van der Waals surface area contributed by atoms with Crippen LogP contribution >= 0.6 is 0 Å². The number of amides is 3. The van der Waals surface area contributed by atoms with Crippen molar-refractivity contribution in [3.05, 3.63) is 41.8 Å². The number of anilines is 1. The Labute approximate surface area is 184 Å². The number of nitrogens with two attached hydrogens (primary N) is 1. The van der Waals surface area contributed by atoms with Crippen LogP contribution in [0.1, 0.15) is 59.4 Å². The molecule has 0 unspecified atom stereocenters. The molecule has 0 radical (unpaired) electrons. The summed E-state index contributed by atoms with van der Waals surface area (Å²) in [5.41, 5.74) is 7.05. The number of carbonyl (C=O) groups is 3. The third-order valence-electron chi connectivity index (χ3n) is 5.91. The summed E-state index contributed by atoms with van der Waals surface area (Å²) >= 11 is 0. The minimum absolute atomic E-state index is 0.0310. The number of carbonyl (C=O) groups excluding carboxylic acids is 3. The molecule has 0 bridgehead atoms. The highest BCUT2D eigenvalue weighted by molar-refractivity contribution is 6.02. The predicted octanol–water partition coefficient (Wildman–Crippen LogP) is 2.56. The number of fused-ring (bicyclic) bond motifs is 1. The summed E-state index contributed by atoms with van der Waals surface area (Å²) in [6, 6.07) is 6.91. The van der Waals surface area contributed by atoms with Gasteiger partial charge < -0.3 is 19.7 Å². The molecule has 3 amide bonds. The fourth-order valence-corrected chi connectivity index (χ4v) is 4.14. The molecule has 2 aromatic heterocycles. The van der Waals surface area contributed by atoms with Gasteiger partial charge >= 0.3 is 0 Å². The topological polar surface area (TPSA) is 136 Å². The lowest BCUT2D eigenvalue weighted by Gasteiger charge is -2.31. The second-order valence-electron chi connectivity index (χ2n) is 8.05. The average Bonchev–Trinajstić information content (AvgIpc) is 3.45. The minimum Gasteiger partial charge on any atom is -0.370 e. The molecule has 3 N–H and O–H groups in total. The van der Waals surface area contributed by atoms with Crippen molar-refractivity contribution in [2.45, 2.75) is 51.1 Å². The number of aromatic nitrogens is 3. The quantitative estimate of drug-likeness (QED) is 0.582. The normalized spacial score (nSPS) is 14.4. The summed E-state index contributed by atoms with van der Waals surface area (Å²) in [7, 11) is 1.84. The summed E-state index contributed by atoms with van der Waals surface area (Å²) in [5.74, 6) is -0.791. The highest BCUT2D eigenvalue weighted by Gasteiger charge is 2.24.